The molecule has 1 N–H and O–H groups in total. The van der Waals surface area contributed by atoms with Crippen molar-refractivity contribution >= 4 is 11.8 Å². The molecule has 0 atom stereocenters. The smallest absolute Gasteiger partial charge is 0.136 e. The minimum atomic E-state index is -0.0110. The predicted molar refractivity (Wildman–Crippen MR) is 78.5 cm³/mol. The van der Waals surface area contributed by atoms with Crippen LogP contribution in [0.2, 0.25) is 0 Å². The van der Waals surface area contributed by atoms with Gasteiger partial charge in [-0.1, -0.05) is 43.8 Å². The Morgan fingerprint density at radius 3 is 2.47 bits per heavy atom. The lowest BCUT2D eigenvalue weighted by atomic mass is 10.1. The number of hydrogen-bond donors (Lipinski definition) is 1. The Hall–Kier alpha value is -1.26. The molecule has 102 valence electrons. The molecule has 0 bridgehead atoms. The molecular formula is C15H20N2OS. The summed E-state index contributed by atoms with van der Waals surface area (Å²) in [5, 5.41) is 10.4. The molecule has 4 heteroatoms. The average molecular weight is 276 g/mol. The molecule has 0 saturated heterocycles. The Labute approximate surface area is 118 Å². The number of aliphatic hydroxyl groups is 1. The average Bonchev–Trinajstić information content (AvgIpc) is 2.77. The largest absolute Gasteiger partial charge is 0.388 e. The highest BCUT2D eigenvalue weighted by Gasteiger charge is 2.19. The SMILES string of the molecule is CCn1c(CO)nc(Sc2ccccc2)c1C(C)C. The minimum Gasteiger partial charge on any atom is -0.388 e. The summed E-state index contributed by atoms with van der Waals surface area (Å²) in [6.07, 6.45) is 0. The molecule has 0 aliphatic rings. The van der Waals surface area contributed by atoms with Crippen LogP contribution in [0, 0.1) is 0 Å². The molecule has 0 amide bonds. The first-order valence-electron chi connectivity index (χ1n) is 6.60. The van der Waals surface area contributed by atoms with Gasteiger partial charge in [-0.3, -0.25) is 0 Å². The standard InChI is InChI=1S/C15H20N2OS/c1-4-17-13(10-18)16-15(14(17)11(2)3)19-12-8-6-5-7-9-12/h5-9,11,18H,4,10H2,1-3H3. The van der Waals surface area contributed by atoms with E-state index in [4.69, 9.17) is 0 Å². The van der Waals surface area contributed by atoms with Crippen molar-refractivity contribution < 1.29 is 5.11 Å². The van der Waals surface area contributed by atoms with Gasteiger partial charge in [0, 0.05) is 11.4 Å². The van der Waals surface area contributed by atoms with Gasteiger partial charge in [0.15, 0.2) is 0 Å². The number of aliphatic hydroxyl groups excluding tert-OH is 1. The lowest BCUT2D eigenvalue weighted by Crippen LogP contribution is -2.07. The predicted octanol–water partition coefficient (Wildman–Crippen LogP) is 3.67. The minimum absolute atomic E-state index is 0.0110. The quantitative estimate of drug-likeness (QED) is 0.905. The van der Waals surface area contributed by atoms with Crippen molar-refractivity contribution in [1.82, 2.24) is 9.55 Å². The molecule has 19 heavy (non-hydrogen) atoms. The van der Waals surface area contributed by atoms with E-state index in [1.165, 1.54) is 10.6 Å². The summed E-state index contributed by atoms with van der Waals surface area (Å²) in [6.45, 7) is 7.25. The number of nitrogens with zero attached hydrogens (tertiary/aromatic N) is 2. The second-order valence-electron chi connectivity index (χ2n) is 4.69. The van der Waals surface area contributed by atoms with Crippen LogP contribution in [0.1, 0.15) is 38.2 Å². The van der Waals surface area contributed by atoms with Gasteiger partial charge in [0.05, 0.1) is 5.69 Å². The summed E-state index contributed by atoms with van der Waals surface area (Å²) in [6, 6.07) is 10.2. The fraction of sp³-hybridized carbons (Fsp3) is 0.400. The Balaban J connectivity index is 2.42. The van der Waals surface area contributed by atoms with Gasteiger partial charge in [0.2, 0.25) is 0 Å². The van der Waals surface area contributed by atoms with E-state index in [0.29, 0.717) is 5.92 Å². The van der Waals surface area contributed by atoms with Crippen LogP contribution in [-0.2, 0) is 13.2 Å². The van der Waals surface area contributed by atoms with Crippen molar-refractivity contribution in [2.75, 3.05) is 0 Å². The van der Waals surface area contributed by atoms with Crippen molar-refractivity contribution in [3.8, 4) is 0 Å². The number of hydrogen-bond acceptors (Lipinski definition) is 3. The van der Waals surface area contributed by atoms with Gasteiger partial charge in [0.25, 0.3) is 0 Å². The van der Waals surface area contributed by atoms with Gasteiger partial charge >= 0.3 is 0 Å². The molecule has 0 radical (unpaired) electrons. The normalized spacial score (nSPS) is 11.2. The highest BCUT2D eigenvalue weighted by Crippen LogP contribution is 2.34. The topological polar surface area (TPSA) is 38.0 Å². The molecule has 0 spiro atoms. The molecule has 0 fully saturated rings. The van der Waals surface area contributed by atoms with Gasteiger partial charge in [-0.25, -0.2) is 4.98 Å². The van der Waals surface area contributed by atoms with Gasteiger partial charge in [-0.15, -0.1) is 0 Å². The Morgan fingerprint density at radius 1 is 1.26 bits per heavy atom. The van der Waals surface area contributed by atoms with Gasteiger partial charge in [-0.05, 0) is 25.0 Å². The molecular weight excluding hydrogens is 256 g/mol. The van der Waals surface area contributed by atoms with E-state index in [9.17, 15) is 5.11 Å². The summed E-state index contributed by atoms with van der Waals surface area (Å²) >= 11 is 1.67. The van der Waals surface area contributed by atoms with Crippen molar-refractivity contribution in [2.45, 2.75) is 49.8 Å². The fourth-order valence-electron chi connectivity index (χ4n) is 2.20. The van der Waals surface area contributed by atoms with E-state index in [-0.39, 0.29) is 6.61 Å². The summed E-state index contributed by atoms with van der Waals surface area (Å²) in [7, 11) is 0. The number of benzene rings is 1. The number of aromatic nitrogens is 2. The molecule has 1 heterocycles. The van der Waals surface area contributed by atoms with Crippen molar-refractivity contribution in [3.05, 3.63) is 41.9 Å². The molecule has 1 aromatic heterocycles. The summed E-state index contributed by atoms with van der Waals surface area (Å²) in [4.78, 5) is 5.77. The molecule has 3 nitrogen and oxygen atoms in total. The van der Waals surface area contributed by atoms with E-state index in [1.54, 1.807) is 11.8 Å². The summed E-state index contributed by atoms with van der Waals surface area (Å²) in [5.41, 5.74) is 1.21. The van der Waals surface area contributed by atoms with E-state index >= 15 is 0 Å². The van der Waals surface area contributed by atoms with Gasteiger partial charge in [-0.2, -0.15) is 0 Å². The monoisotopic (exact) mass is 276 g/mol. The molecule has 0 aliphatic carbocycles. The molecule has 2 rings (SSSR count). The van der Waals surface area contributed by atoms with Crippen LogP contribution in [0.4, 0.5) is 0 Å². The molecule has 0 saturated carbocycles. The second kappa shape index (κ2) is 6.26. The first-order chi connectivity index (χ1) is 9.17. The summed E-state index contributed by atoms with van der Waals surface area (Å²) in [5.74, 6) is 1.14. The first kappa shape index (κ1) is 14.2. The Bertz CT molecular complexity index is 535. The third-order valence-corrected chi connectivity index (χ3v) is 4.02. The maximum atomic E-state index is 9.44. The fourth-order valence-corrected chi connectivity index (χ4v) is 3.31. The number of imidazole rings is 1. The zero-order valence-electron chi connectivity index (χ0n) is 11.6. The zero-order valence-corrected chi connectivity index (χ0v) is 12.4. The third-order valence-electron chi connectivity index (χ3n) is 3.01. The van der Waals surface area contributed by atoms with Crippen LogP contribution in [0.5, 0.6) is 0 Å². The molecule has 1 aromatic carbocycles. The first-order valence-corrected chi connectivity index (χ1v) is 7.42. The zero-order chi connectivity index (χ0) is 13.8. The molecule has 0 aliphatic heterocycles. The van der Waals surface area contributed by atoms with Crippen LogP contribution in [0.15, 0.2) is 40.3 Å². The van der Waals surface area contributed by atoms with E-state index in [1.807, 2.05) is 18.2 Å². The van der Waals surface area contributed by atoms with Crippen LogP contribution in [-0.4, -0.2) is 14.7 Å². The van der Waals surface area contributed by atoms with Crippen LogP contribution >= 0.6 is 11.8 Å². The highest BCUT2D eigenvalue weighted by molar-refractivity contribution is 7.99. The summed E-state index contributed by atoms with van der Waals surface area (Å²) < 4.78 is 2.12. The third kappa shape index (κ3) is 3.01. The lowest BCUT2D eigenvalue weighted by Gasteiger charge is -2.12. The maximum absolute atomic E-state index is 9.44. The van der Waals surface area contributed by atoms with Crippen LogP contribution < -0.4 is 0 Å². The van der Waals surface area contributed by atoms with E-state index in [0.717, 1.165) is 17.4 Å². The highest BCUT2D eigenvalue weighted by atomic mass is 32.2. The van der Waals surface area contributed by atoms with Gasteiger partial charge < -0.3 is 9.67 Å². The lowest BCUT2D eigenvalue weighted by molar-refractivity contribution is 0.264. The second-order valence-corrected chi connectivity index (χ2v) is 5.75. The van der Waals surface area contributed by atoms with Crippen molar-refractivity contribution in [1.29, 1.82) is 0 Å². The van der Waals surface area contributed by atoms with Crippen molar-refractivity contribution in [3.63, 3.8) is 0 Å². The molecule has 2 aromatic rings. The Morgan fingerprint density at radius 2 is 1.95 bits per heavy atom. The number of rotatable bonds is 5. The van der Waals surface area contributed by atoms with E-state index < -0.39 is 0 Å². The maximum Gasteiger partial charge on any atom is 0.136 e. The molecule has 0 unspecified atom stereocenters. The van der Waals surface area contributed by atoms with Crippen molar-refractivity contribution in [2.24, 2.45) is 0 Å². The van der Waals surface area contributed by atoms with Crippen LogP contribution in [0.25, 0.3) is 0 Å². The van der Waals surface area contributed by atoms with Gasteiger partial charge in [0.1, 0.15) is 17.5 Å². The van der Waals surface area contributed by atoms with Crippen LogP contribution in [0.3, 0.4) is 0 Å². The van der Waals surface area contributed by atoms with E-state index in [2.05, 4.69) is 42.5 Å². The Kier molecular flexibility index (Phi) is 4.66.